The summed E-state index contributed by atoms with van der Waals surface area (Å²) >= 11 is 1.34. The molecular formula is C10H12N4O3S. The number of ether oxygens (including phenoxy) is 1. The van der Waals surface area contributed by atoms with Gasteiger partial charge in [-0.05, 0) is 6.92 Å². The summed E-state index contributed by atoms with van der Waals surface area (Å²) in [5, 5.41) is 7.72. The van der Waals surface area contributed by atoms with Crippen molar-refractivity contribution in [1.82, 2.24) is 19.7 Å². The highest BCUT2D eigenvalue weighted by Crippen LogP contribution is 2.21. The Labute approximate surface area is 108 Å². The Morgan fingerprint density at radius 2 is 2.39 bits per heavy atom. The van der Waals surface area contributed by atoms with Gasteiger partial charge in [-0.1, -0.05) is 16.9 Å². The minimum Gasteiger partial charge on any atom is -0.459 e. The van der Waals surface area contributed by atoms with Crippen LogP contribution in [0, 0.1) is 0 Å². The zero-order valence-corrected chi connectivity index (χ0v) is 10.8. The minimum absolute atomic E-state index is 0.121. The van der Waals surface area contributed by atoms with Crippen LogP contribution in [0.3, 0.4) is 0 Å². The van der Waals surface area contributed by atoms with Gasteiger partial charge in [-0.15, -0.1) is 5.10 Å². The smallest absolute Gasteiger partial charge is 0.396 e. The summed E-state index contributed by atoms with van der Waals surface area (Å²) in [5.41, 5.74) is 1.02. The fourth-order valence-corrected chi connectivity index (χ4v) is 1.99. The van der Waals surface area contributed by atoms with Crippen LogP contribution in [0.15, 0.2) is 22.2 Å². The van der Waals surface area contributed by atoms with E-state index < -0.39 is 5.97 Å². The summed E-state index contributed by atoms with van der Waals surface area (Å²) in [6.45, 7) is 1.99. The predicted octanol–water partition coefficient (Wildman–Crippen LogP) is 1.27. The normalized spacial score (nSPS) is 10.6. The largest absolute Gasteiger partial charge is 0.459 e. The molecule has 18 heavy (non-hydrogen) atoms. The Kier molecular flexibility index (Phi) is 3.98. The standard InChI is InChI=1S/C10H12N4O3S/c1-3-16-9(15)8-12-13-10(17-8)18-5-7-4-11-6-14(7)2/h4,6H,3,5H2,1-2H3. The molecule has 2 aromatic heterocycles. The number of imidazole rings is 1. The molecule has 2 heterocycles. The monoisotopic (exact) mass is 268 g/mol. The molecule has 0 saturated carbocycles. The molecule has 0 spiro atoms. The second-order valence-corrected chi connectivity index (χ2v) is 4.30. The van der Waals surface area contributed by atoms with Crippen molar-refractivity contribution in [3.8, 4) is 0 Å². The Bertz CT molecular complexity index is 537. The molecular weight excluding hydrogens is 256 g/mol. The van der Waals surface area contributed by atoms with Crippen molar-refractivity contribution in [2.24, 2.45) is 7.05 Å². The third kappa shape index (κ3) is 2.89. The summed E-state index contributed by atoms with van der Waals surface area (Å²) in [5.74, 6) is -0.0808. The first-order chi connectivity index (χ1) is 8.70. The number of nitrogens with zero attached hydrogens (tertiary/aromatic N) is 4. The maximum absolute atomic E-state index is 11.3. The Morgan fingerprint density at radius 3 is 3.06 bits per heavy atom. The van der Waals surface area contributed by atoms with Gasteiger partial charge < -0.3 is 13.7 Å². The Hall–Kier alpha value is -1.83. The van der Waals surface area contributed by atoms with Crippen molar-refractivity contribution in [3.05, 3.63) is 24.1 Å². The molecule has 0 aliphatic heterocycles. The van der Waals surface area contributed by atoms with Gasteiger partial charge in [0.05, 0.1) is 12.9 Å². The van der Waals surface area contributed by atoms with Crippen LogP contribution in [0.4, 0.5) is 0 Å². The van der Waals surface area contributed by atoms with E-state index in [9.17, 15) is 4.79 Å². The van der Waals surface area contributed by atoms with E-state index in [4.69, 9.17) is 9.15 Å². The van der Waals surface area contributed by atoms with E-state index >= 15 is 0 Å². The molecule has 0 unspecified atom stereocenters. The lowest BCUT2D eigenvalue weighted by atomic mass is 10.5. The highest BCUT2D eigenvalue weighted by atomic mass is 32.2. The predicted molar refractivity (Wildman–Crippen MR) is 63.0 cm³/mol. The SMILES string of the molecule is CCOC(=O)c1nnc(SCc2cncn2C)o1. The Morgan fingerprint density at radius 1 is 1.56 bits per heavy atom. The topological polar surface area (TPSA) is 83.0 Å². The van der Waals surface area contributed by atoms with Crippen LogP contribution in [0.1, 0.15) is 23.3 Å². The summed E-state index contributed by atoms with van der Waals surface area (Å²) in [4.78, 5) is 15.3. The maximum Gasteiger partial charge on any atom is 0.396 e. The highest BCUT2D eigenvalue weighted by molar-refractivity contribution is 7.98. The first-order valence-corrected chi connectivity index (χ1v) is 6.28. The fourth-order valence-electron chi connectivity index (χ4n) is 1.20. The molecule has 0 saturated heterocycles. The van der Waals surface area contributed by atoms with Crippen LogP contribution in [0.25, 0.3) is 0 Å². The van der Waals surface area contributed by atoms with E-state index in [1.165, 1.54) is 11.8 Å². The van der Waals surface area contributed by atoms with Crippen molar-refractivity contribution in [2.75, 3.05) is 6.61 Å². The van der Waals surface area contributed by atoms with Crippen LogP contribution < -0.4 is 0 Å². The molecule has 0 amide bonds. The molecule has 0 N–H and O–H groups in total. The van der Waals surface area contributed by atoms with E-state index in [1.807, 2.05) is 11.6 Å². The van der Waals surface area contributed by atoms with E-state index in [-0.39, 0.29) is 12.5 Å². The van der Waals surface area contributed by atoms with Crippen LogP contribution in [0.2, 0.25) is 0 Å². The number of rotatable bonds is 5. The number of carbonyl (C=O) groups is 1. The van der Waals surface area contributed by atoms with E-state index in [0.29, 0.717) is 11.0 Å². The molecule has 0 atom stereocenters. The lowest BCUT2D eigenvalue weighted by molar-refractivity contribution is 0.0475. The van der Waals surface area contributed by atoms with Gasteiger partial charge in [0, 0.05) is 24.7 Å². The van der Waals surface area contributed by atoms with Crippen LogP contribution in [-0.4, -0.2) is 32.3 Å². The number of thioether (sulfide) groups is 1. The Balaban J connectivity index is 1.95. The summed E-state index contributed by atoms with van der Waals surface area (Å²) in [7, 11) is 1.90. The number of esters is 1. The molecule has 2 rings (SSSR count). The maximum atomic E-state index is 11.3. The van der Waals surface area contributed by atoms with Gasteiger partial charge in [0.15, 0.2) is 0 Å². The van der Waals surface area contributed by atoms with E-state index in [2.05, 4.69) is 15.2 Å². The molecule has 7 nitrogen and oxygen atoms in total. The van der Waals surface area contributed by atoms with Gasteiger partial charge in [-0.2, -0.15) is 0 Å². The zero-order valence-electron chi connectivity index (χ0n) is 9.99. The van der Waals surface area contributed by atoms with Gasteiger partial charge in [-0.25, -0.2) is 9.78 Å². The van der Waals surface area contributed by atoms with Crippen molar-refractivity contribution < 1.29 is 13.9 Å². The summed E-state index contributed by atoms with van der Waals surface area (Å²) < 4.78 is 11.8. The number of hydrogen-bond donors (Lipinski definition) is 0. The minimum atomic E-state index is -0.600. The van der Waals surface area contributed by atoms with Crippen molar-refractivity contribution in [2.45, 2.75) is 17.9 Å². The first-order valence-electron chi connectivity index (χ1n) is 5.29. The highest BCUT2D eigenvalue weighted by Gasteiger charge is 2.16. The molecule has 8 heteroatoms. The van der Waals surface area contributed by atoms with Crippen LogP contribution in [-0.2, 0) is 17.5 Å². The lowest BCUT2D eigenvalue weighted by Crippen LogP contribution is -2.04. The van der Waals surface area contributed by atoms with E-state index in [1.54, 1.807) is 19.4 Å². The first kappa shape index (κ1) is 12.6. The average Bonchev–Trinajstić information content (AvgIpc) is 2.96. The number of hydrogen-bond acceptors (Lipinski definition) is 7. The van der Waals surface area contributed by atoms with E-state index in [0.717, 1.165) is 5.69 Å². The van der Waals surface area contributed by atoms with Crippen molar-refractivity contribution in [3.63, 3.8) is 0 Å². The third-order valence-electron chi connectivity index (χ3n) is 2.12. The van der Waals surface area contributed by atoms with Gasteiger partial charge in [-0.3, -0.25) is 0 Å². The molecule has 2 aromatic rings. The second-order valence-electron chi connectivity index (χ2n) is 3.38. The van der Waals surface area contributed by atoms with Crippen LogP contribution >= 0.6 is 11.8 Å². The second kappa shape index (κ2) is 5.67. The molecule has 0 aliphatic rings. The zero-order chi connectivity index (χ0) is 13.0. The van der Waals surface area contributed by atoms with Crippen LogP contribution in [0.5, 0.6) is 0 Å². The van der Waals surface area contributed by atoms with Gasteiger partial charge in [0.1, 0.15) is 0 Å². The van der Waals surface area contributed by atoms with Crippen molar-refractivity contribution >= 4 is 17.7 Å². The molecule has 0 fully saturated rings. The molecule has 0 aromatic carbocycles. The van der Waals surface area contributed by atoms with Gasteiger partial charge in [0.25, 0.3) is 5.22 Å². The quantitative estimate of drug-likeness (QED) is 0.596. The lowest BCUT2D eigenvalue weighted by Gasteiger charge is -1.98. The third-order valence-corrected chi connectivity index (χ3v) is 2.97. The molecule has 96 valence electrons. The number of carbonyl (C=O) groups excluding carboxylic acids is 1. The van der Waals surface area contributed by atoms with Crippen molar-refractivity contribution in [1.29, 1.82) is 0 Å². The number of aryl methyl sites for hydroxylation is 1. The number of aromatic nitrogens is 4. The van der Waals surface area contributed by atoms with Gasteiger partial charge >= 0.3 is 11.9 Å². The summed E-state index contributed by atoms with van der Waals surface area (Å²) in [6.07, 6.45) is 3.48. The summed E-state index contributed by atoms with van der Waals surface area (Å²) in [6, 6.07) is 0. The molecule has 0 bridgehead atoms. The molecule has 0 aliphatic carbocycles. The van der Waals surface area contributed by atoms with Gasteiger partial charge in [0.2, 0.25) is 0 Å². The molecule has 0 radical (unpaired) electrons. The average molecular weight is 268 g/mol. The fraction of sp³-hybridized carbons (Fsp3) is 0.400.